The molecule has 0 radical (unpaired) electrons. The van der Waals surface area contributed by atoms with Gasteiger partial charge in [0.2, 0.25) is 0 Å². The number of ether oxygens (including phenoxy) is 1. The van der Waals surface area contributed by atoms with Gasteiger partial charge in [-0.3, -0.25) is 0 Å². The summed E-state index contributed by atoms with van der Waals surface area (Å²) in [6.07, 6.45) is -4.43. The number of aromatic nitrogens is 1. The Morgan fingerprint density at radius 1 is 1.29 bits per heavy atom. The molecule has 0 aliphatic carbocycles. The molecule has 0 saturated heterocycles. The third-order valence-electron chi connectivity index (χ3n) is 1.84. The quantitative estimate of drug-likeness (QED) is 0.621. The Kier molecular flexibility index (Phi) is 3.81. The third-order valence-corrected chi connectivity index (χ3v) is 2.05. The van der Waals surface area contributed by atoms with E-state index in [1.54, 1.807) is 0 Å². The molecule has 2 nitrogen and oxygen atoms in total. The first kappa shape index (κ1) is 14.0. The summed E-state index contributed by atoms with van der Waals surface area (Å²) in [6.45, 7) is -0.345. The van der Waals surface area contributed by atoms with Crippen molar-refractivity contribution in [2.75, 3.05) is 6.61 Å². The molecule has 0 unspecified atom stereocenters. The Labute approximate surface area is 98.4 Å². The van der Waals surface area contributed by atoms with Crippen molar-refractivity contribution in [3.8, 4) is 5.75 Å². The van der Waals surface area contributed by atoms with Crippen molar-refractivity contribution < 1.29 is 26.7 Å². The molecule has 96 valence electrons. The highest BCUT2D eigenvalue weighted by Crippen LogP contribution is 2.36. The first-order valence-corrected chi connectivity index (χ1v) is 4.71. The largest absolute Gasteiger partial charge is 0.486 e. The standard InChI is InChI=1S/C9H7ClF5NO/c1-5-3-16-7(10)2-6(5)17-4-8(11,12)9(13,14)15/h2-3H,4H2,1H3. The maximum atomic E-state index is 12.5. The molecule has 0 aliphatic heterocycles. The number of nitrogens with zero attached hydrogens (tertiary/aromatic N) is 1. The van der Waals surface area contributed by atoms with Crippen molar-refractivity contribution in [2.45, 2.75) is 19.0 Å². The smallest absolute Gasteiger partial charge is 0.456 e. The number of aryl methyl sites for hydroxylation is 1. The van der Waals surface area contributed by atoms with Gasteiger partial charge in [-0.25, -0.2) is 4.98 Å². The van der Waals surface area contributed by atoms with E-state index in [1.165, 1.54) is 13.1 Å². The summed E-state index contributed by atoms with van der Waals surface area (Å²) in [5.41, 5.74) is 0.312. The third kappa shape index (κ3) is 3.42. The van der Waals surface area contributed by atoms with Crippen molar-refractivity contribution >= 4 is 11.6 Å². The van der Waals surface area contributed by atoms with Crippen molar-refractivity contribution in [3.63, 3.8) is 0 Å². The van der Waals surface area contributed by atoms with Gasteiger partial charge in [0, 0.05) is 17.8 Å². The molecular weight excluding hydrogens is 269 g/mol. The Morgan fingerprint density at radius 2 is 1.88 bits per heavy atom. The van der Waals surface area contributed by atoms with Crippen LogP contribution in [0.3, 0.4) is 0 Å². The highest BCUT2D eigenvalue weighted by molar-refractivity contribution is 6.29. The van der Waals surface area contributed by atoms with Crippen LogP contribution in [0.2, 0.25) is 5.15 Å². The molecule has 0 N–H and O–H groups in total. The molecule has 1 aromatic rings. The van der Waals surface area contributed by atoms with Gasteiger partial charge >= 0.3 is 12.1 Å². The van der Waals surface area contributed by atoms with E-state index in [-0.39, 0.29) is 10.9 Å². The molecule has 0 atom stereocenters. The molecule has 0 spiro atoms. The van der Waals surface area contributed by atoms with E-state index in [0.717, 1.165) is 6.07 Å². The summed E-state index contributed by atoms with van der Waals surface area (Å²) < 4.78 is 65.1. The topological polar surface area (TPSA) is 22.1 Å². The molecule has 1 heterocycles. The molecule has 0 aromatic carbocycles. The van der Waals surface area contributed by atoms with E-state index in [2.05, 4.69) is 9.72 Å². The van der Waals surface area contributed by atoms with Crippen LogP contribution < -0.4 is 4.74 Å². The van der Waals surface area contributed by atoms with Crippen LogP contribution >= 0.6 is 11.6 Å². The zero-order valence-electron chi connectivity index (χ0n) is 8.49. The molecular formula is C9H7ClF5NO. The lowest BCUT2D eigenvalue weighted by Crippen LogP contribution is -2.41. The second-order valence-corrected chi connectivity index (χ2v) is 3.65. The predicted octanol–water partition coefficient (Wildman–Crippen LogP) is 3.62. The lowest BCUT2D eigenvalue weighted by atomic mass is 10.3. The van der Waals surface area contributed by atoms with E-state index in [0.29, 0.717) is 5.56 Å². The fourth-order valence-electron chi connectivity index (χ4n) is 0.887. The molecule has 8 heteroatoms. The number of halogens is 6. The van der Waals surface area contributed by atoms with Crippen molar-refractivity contribution in [1.29, 1.82) is 0 Å². The van der Waals surface area contributed by atoms with E-state index in [9.17, 15) is 22.0 Å². The van der Waals surface area contributed by atoms with Crippen LogP contribution in [0.4, 0.5) is 22.0 Å². The second kappa shape index (κ2) is 4.64. The molecule has 0 bridgehead atoms. The average Bonchev–Trinajstić information content (AvgIpc) is 2.18. The second-order valence-electron chi connectivity index (χ2n) is 3.26. The lowest BCUT2D eigenvalue weighted by Gasteiger charge is -2.20. The van der Waals surface area contributed by atoms with Gasteiger partial charge in [0.1, 0.15) is 10.9 Å². The van der Waals surface area contributed by atoms with Crippen LogP contribution in [0.15, 0.2) is 12.3 Å². The first-order chi connectivity index (χ1) is 7.63. The van der Waals surface area contributed by atoms with Gasteiger partial charge in [-0.05, 0) is 6.92 Å². The van der Waals surface area contributed by atoms with Gasteiger partial charge < -0.3 is 4.74 Å². The normalized spacial score (nSPS) is 12.6. The van der Waals surface area contributed by atoms with E-state index in [4.69, 9.17) is 11.6 Å². The van der Waals surface area contributed by atoms with E-state index >= 15 is 0 Å². The lowest BCUT2D eigenvalue weighted by molar-refractivity contribution is -0.290. The Bertz CT molecular complexity index is 407. The molecule has 17 heavy (non-hydrogen) atoms. The SMILES string of the molecule is Cc1cnc(Cl)cc1OCC(F)(F)C(F)(F)F. The Hall–Kier alpha value is -1.11. The van der Waals surface area contributed by atoms with Crippen LogP contribution in [0, 0.1) is 6.92 Å². The summed E-state index contributed by atoms with van der Waals surface area (Å²) in [5, 5.41) is -0.0547. The molecule has 0 saturated carbocycles. The van der Waals surface area contributed by atoms with Crippen molar-refractivity contribution in [1.82, 2.24) is 4.98 Å². The highest BCUT2D eigenvalue weighted by Gasteiger charge is 2.58. The summed E-state index contributed by atoms with van der Waals surface area (Å²) in [7, 11) is 0. The number of hydrogen-bond acceptors (Lipinski definition) is 2. The van der Waals surface area contributed by atoms with E-state index < -0.39 is 18.7 Å². The highest BCUT2D eigenvalue weighted by atomic mass is 35.5. The van der Waals surface area contributed by atoms with Gasteiger partial charge in [0.25, 0.3) is 0 Å². The molecule has 0 aliphatic rings. The fraction of sp³-hybridized carbons (Fsp3) is 0.444. The minimum absolute atomic E-state index is 0.0547. The number of rotatable bonds is 3. The van der Waals surface area contributed by atoms with Gasteiger partial charge in [-0.15, -0.1) is 0 Å². The average molecular weight is 276 g/mol. The van der Waals surface area contributed by atoms with Gasteiger partial charge in [-0.2, -0.15) is 22.0 Å². The predicted molar refractivity (Wildman–Crippen MR) is 50.5 cm³/mol. The number of pyridine rings is 1. The Balaban J connectivity index is 2.77. The van der Waals surface area contributed by atoms with Crippen LogP contribution in [0.25, 0.3) is 0 Å². The maximum absolute atomic E-state index is 12.5. The summed E-state index contributed by atoms with van der Waals surface area (Å²) in [5.74, 6) is -5.07. The maximum Gasteiger partial charge on any atom is 0.456 e. The van der Waals surface area contributed by atoms with Crippen molar-refractivity contribution in [2.24, 2.45) is 0 Å². The van der Waals surface area contributed by atoms with E-state index in [1.807, 2.05) is 0 Å². The monoisotopic (exact) mass is 275 g/mol. The first-order valence-electron chi connectivity index (χ1n) is 4.33. The zero-order valence-corrected chi connectivity index (χ0v) is 9.24. The van der Waals surface area contributed by atoms with Crippen LogP contribution in [-0.4, -0.2) is 23.7 Å². The van der Waals surface area contributed by atoms with Crippen LogP contribution in [0.1, 0.15) is 5.56 Å². The fourth-order valence-corrected chi connectivity index (χ4v) is 1.04. The van der Waals surface area contributed by atoms with Gasteiger partial charge in [0.05, 0.1) is 0 Å². The summed E-state index contributed by atoms with van der Waals surface area (Å²) >= 11 is 5.46. The minimum Gasteiger partial charge on any atom is -0.486 e. The molecule has 1 rings (SSSR count). The summed E-state index contributed by atoms with van der Waals surface area (Å²) in [4.78, 5) is 3.61. The van der Waals surface area contributed by atoms with Gasteiger partial charge in [-0.1, -0.05) is 11.6 Å². The molecule has 1 aromatic heterocycles. The van der Waals surface area contributed by atoms with Crippen LogP contribution in [-0.2, 0) is 0 Å². The Morgan fingerprint density at radius 3 is 2.41 bits per heavy atom. The molecule has 0 amide bonds. The summed E-state index contributed by atoms with van der Waals surface area (Å²) in [6, 6.07) is 1.07. The van der Waals surface area contributed by atoms with Crippen LogP contribution in [0.5, 0.6) is 5.75 Å². The molecule has 0 fully saturated rings. The zero-order chi connectivity index (χ0) is 13.3. The minimum atomic E-state index is -5.64. The number of hydrogen-bond donors (Lipinski definition) is 0. The van der Waals surface area contributed by atoms with Crippen molar-refractivity contribution in [3.05, 3.63) is 23.0 Å². The van der Waals surface area contributed by atoms with Gasteiger partial charge in [0.15, 0.2) is 6.61 Å². The number of alkyl halides is 5.